The number of Topliss-reactive ketones (excluding diaryl/α,β-unsaturated/α-hetero) is 1. The van der Waals surface area contributed by atoms with Crippen LogP contribution in [0, 0.1) is 0 Å². The third kappa shape index (κ3) is 3.94. The molecule has 2 aliphatic rings. The fraction of sp³-hybridized carbons (Fsp3) is 0.318. The highest BCUT2D eigenvalue weighted by Gasteiger charge is 2.24. The second kappa shape index (κ2) is 8.44. The fourth-order valence-electron chi connectivity index (χ4n) is 3.46. The van der Waals surface area contributed by atoms with Crippen molar-refractivity contribution in [1.29, 1.82) is 0 Å². The van der Waals surface area contributed by atoms with Crippen molar-refractivity contribution in [3.05, 3.63) is 47.5 Å². The molecule has 156 valence electrons. The Hall–Kier alpha value is -3.55. The number of ketones is 1. The molecule has 2 aliphatic heterocycles. The van der Waals surface area contributed by atoms with Crippen molar-refractivity contribution in [3.8, 4) is 17.2 Å². The molecule has 1 amide bonds. The average Bonchev–Trinajstić information content (AvgIpc) is 3.22. The summed E-state index contributed by atoms with van der Waals surface area (Å²) in [6.45, 7) is 0.969. The molecule has 0 bridgehead atoms. The number of rotatable bonds is 6. The van der Waals surface area contributed by atoms with E-state index < -0.39 is 12.6 Å². The molecule has 0 saturated carbocycles. The number of carbonyl (C=O) groups is 3. The minimum absolute atomic E-state index is 0.0404. The molecule has 1 saturated heterocycles. The van der Waals surface area contributed by atoms with Gasteiger partial charge in [0.2, 0.25) is 11.7 Å². The Morgan fingerprint density at radius 1 is 1.10 bits per heavy atom. The van der Waals surface area contributed by atoms with Gasteiger partial charge in [0.15, 0.2) is 23.9 Å². The number of hydrogen-bond donors (Lipinski definition) is 0. The highest BCUT2D eigenvalue weighted by atomic mass is 16.6. The Balaban J connectivity index is 1.44. The molecule has 2 aromatic carbocycles. The zero-order valence-electron chi connectivity index (χ0n) is 16.5. The van der Waals surface area contributed by atoms with E-state index in [9.17, 15) is 14.4 Å². The van der Waals surface area contributed by atoms with E-state index in [-0.39, 0.29) is 17.3 Å². The van der Waals surface area contributed by atoms with Crippen LogP contribution in [0.3, 0.4) is 0 Å². The lowest BCUT2D eigenvalue weighted by Crippen LogP contribution is -2.24. The number of esters is 1. The largest absolute Gasteiger partial charge is 0.493 e. The molecule has 0 N–H and O–H groups in total. The van der Waals surface area contributed by atoms with Gasteiger partial charge in [-0.15, -0.1) is 0 Å². The number of fused-ring (bicyclic) bond motifs is 1. The lowest BCUT2D eigenvalue weighted by atomic mass is 10.1. The summed E-state index contributed by atoms with van der Waals surface area (Å²) in [5, 5.41) is 0. The highest BCUT2D eigenvalue weighted by molar-refractivity contribution is 6.02. The van der Waals surface area contributed by atoms with Gasteiger partial charge in [-0.3, -0.25) is 9.59 Å². The maximum absolute atomic E-state index is 12.5. The van der Waals surface area contributed by atoms with Gasteiger partial charge in [0.1, 0.15) is 13.2 Å². The molecule has 4 rings (SSSR count). The summed E-state index contributed by atoms with van der Waals surface area (Å²) in [6, 6.07) is 9.76. The van der Waals surface area contributed by atoms with Gasteiger partial charge in [-0.1, -0.05) is 12.1 Å². The SMILES string of the molecule is COc1cc(C(=O)OCC(=O)c2cccc(N3CCCC3=O)c2)cc2c1OCCO2. The van der Waals surface area contributed by atoms with Crippen molar-refractivity contribution >= 4 is 23.3 Å². The first-order valence-electron chi connectivity index (χ1n) is 9.65. The van der Waals surface area contributed by atoms with Gasteiger partial charge in [0.25, 0.3) is 0 Å². The summed E-state index contributed by atoms with van der Waals surface area (Å²) in [4.78, 5) is 38.6. The molecule has 30 heavy (non-hydrogen) atoms. The molecule has 0 aliphatic carbocycles. The van der Waals surface area contributed by atoms with Gasteiger partial charge >= 0.3 is 5.97 Å². The summed E-state index contributed by atoms with van der Waals surface area (Å²) >= 11 is 0. The van der Waals surface area contributed by atoms with Gasteiger partial charge < -0.3 is 23.8 Å². The van der Waals surface area contributed by atoms with Crippen molar-refractivity contribution in [2.45, 2.75) is 12.8 Å². The van der Waals surface area contributed by atoms with Crippen LogP contribution in [-0.4, -0.2) is 51.1 Å². The molecule has 8 heteroatoms. The molecule has 2 aromatic rings. The number of ether oxygens (including phenoxy) is 4. The Morgan fingerprint density at radius 2 is 1.93 bits per heavy atom. The quantitative estimate of drug-likeness (QED) is 0.533. The van der Waals surface area contributed by atoms with Crippen LogP contribution in [0.5, 0.6) is 17.2 Å². The van der Waals surface area contributed by atoms with Crippen molar-refractivity contribution in [3.63, 3.8) is 0 Å². The van der Waals surface area contributed by atoms with E-state index in [0.717, 1.165) is 6.42 Å². The van der Waals surface area contributed by atoms with E-state index in [1.54, 1.807) is 29.2 Å². The average molecular weight is 411 g/mol. The summed E-state index contributed by atoms with van der Waals surface area (Å²) in [5.74, 6) is 0.185. The Bertz CT molecular complexity index is 984. The molecule has 0 atom stereocenters. The van der Waals surface area contributed by atoms with Crippen molar-refractivity contribution < 1.29 is 33.3 Å². The van der Waals surface area contributed by atoms with Crippen molar-refractivity contribution in [1.82, 2.24) is 0 Å². The summed E-state index contributed by atoms with van der Waals surface area (Å²) in [5.41, 5.74) is 1.24. The first-order valence-corrected chi connectivity index (χ1v) is 9.65. The molecule has 0 spiro atoms. The minimum Gasteiger partial charge on any atom is -0.493 e. The normalized spacial score (nSPS) is 15.1. The fourth-order valence-corrected chi connectivity index (χ4v) is 3.46. The van der Waals surface area contributed by atoms with E-state index in [1.807, 2.05) is 0 Å². The Morgan fingerprint density at radius 3 is 2.70 bits per heavy atom. The van der Waals surface area contributed by atoms with Crippen LogP contribution in [0.2, 0.25) is 0 Å². The van der Waals surface area contributed by atoms with E-state index in [1.165, 1.54) is 19.2 Å². The zero-order valence-corrected chi connectivity index (χ0v) is 16.5. The zero-order chi connectivity index (χ0) is 21.1. The van der Waals surface area contributed by atoms with Crippen LogP contribution in [0.4, 0.5) is 5.69 Å². The number of carbonyl (C=O) groups excluding carboxylic acids is 3. The molecule has 0 radical (unpaired) electrons. The number of methoxy groups -OCH3 is 1. The number of nitrogens with zero attached hydrogens (tertiary/aromatic N) is 1. The molecule has 0 unspecified atom stereocenters. The smallest absolute Gasteiger partial charge is 0.338 e. The Labute approximate surface area is 173 Å². The van der Waals surface area contributed by atoms with Crippen LogP contribution >= 0.6 is 0 Å². The lowest BCUT2D eigenvalue weighted by molar-refractivity contribution is -0.117. The van der Waals surface area contributed by atoms with Crippen molar-refractivity contribution in [2.75, 3.05) is 38.4 Å². The topological polar surface area (TPSA) is 91.4 Å². The van der Waals surface area contributed by atoms with Crippen LogP contribution in [0.1, 0.15) is 33.6 Å². The predicted octanol–water partition coefficient (Wildman–Crippen LogP) is 2.63. The molecule has 8 nitrogen and oxygen atoms in total. The van der Waals surface area contributed by atoms with Crippen LogP contribution < -0.4 is 19.1 Å². The highest BCUT2D eigenvalue weighted by Crippen LogP contribution is 2.40. The third-order valence-electron chi connectivity index (χ3n) is 4.95. The minimum atomic E-state index is -0.676. The lowest BCUT2D eigenvalue weighted by Gasteiger charge is -2.21. The molecule has 0 aromatic heterocycles. The molecule has 1 fully saturated rings. The van der Waals surface area contributed by atoms with Gasteiger partial charge in [-0.25, -0.2) is 4.79 Å². The van der Waals surface area contributed by atoms with Crippen LogP contribution in [0.25, 0.3) is 0 Å². The van der Waals surface area contributed by atoms with E-state index in [2.05, 4.69) is 0 Å². The van der Waals surface area contributed by atoms with Crippen LogP contribution in [0.15, 0.2) is 36.4 Å². The second-order valence-corrected chi connectivity index (χ2v) is 6.90. The number of anilines is 1. The van der Waals surface area contributed by atoms with E-state index in [0.29, 0.717) is 54.7 Å². The van der Waals surface area contributed by atoms with E-state index >= 15 is 0 Å². The number of hydrogen-bond acceptors (Lipinski definition) is 7. The summed E-state index contributed by atoms with van der Waals surface area (Å²) in [7, 11) is 1.46. The monoisotopic (exact) mass is 411 g/mol. The number of amides is 1. The molecule has 2 heterocycles. The van der Waals surface area contributed by atoms with E-state index in [4.69, 9.17) is 18.9 Å². The third-order valence-corrected chi connectivity index (χ3v) is 4.95. The van der Waals surface area contributed by atoms with Gasteiger partial charge in [0, 0.05) is 24.2 Å². The molecular weight excluding hydrogens is 390 g/mol. The summed E-state index contributed by atoms with van der Waals surface area (Å²) < 4.78 is 21.5. The second-order valence-electron chi connectivity index (χ2n) is 6.90. The maximum atomic E-state index is 12.5. The van der Waals surface area contributed by atoms with Gasteiger partial charge in [-0.2, -0.15) is 0 Å². The Kier molecular flexibility index (Phi) is 5.56. The molecular formula is C22H21NO7. The summed E-state index contributed by atoms with van der Waals surface area (Å²) in [6.07, 6.45) is 1.31. The number of benzene rings is 2. The maximum Gasteiger partial charge on any atom is 0.338 e. The first-order chi connectivity index (χ1) is 14.6. The van der Waals surface area contributed by atoms with Gasteiger partial charge in [0.05, 0.1) is 12.7 Å². The van der Waals surface area contributed by atoms with Crippen molar-refractivity contribution in [2.24, 2.45) is 0 Å². The van der Waals surface area contributed by atoms with Gasteiger partial charge in [-0.05, 0) is 30.7 Å². The van der Waals surface area contributed by atoms with Crippen LogP contribution in [-0.2, 0) is 9.53 Å². The predicted molar refractivity (Wildman–Crippen MR) is 107 cm³/mol. The first kappa shape index (κ1) is 19.8. The standard InChI is InChI=1S/C22H21NO7/c1-27-18-11-15(12-19-21(18)29-9-8-28-19)22(26)30-13-17(24)14-4-2-5-16(10-14)23-7-3-6-20(23)25/h2,4-5,10-12H,3,6-9,13H2,1H3.